The van der Waals surface area contributed by atoms with Crippen molar-refractivity contribution in [3.05, 3.63) is 64.0 Å². The van der Waals surface area contributed by atoms with E-state index in [0.717, 1.165) is 28.1 Å². The van der Waals surface area contributed by atoms with Gasteiger partial charge in [-0.3, -0.25) is 4.79 Å². The lowest BCUT2D eigenvalue weighted by molar-refractivity contribution is -0.116. The minimum absolute atomic E-state index is 0.118. The van der Waals surface area contributed by atoms with Crippen molar-refractivity contribution in [2.75, 3.05) is 11.9 Å². The monoisotopic (exact) mass is 386 g/mol. The number of amides is 1. The fraction of sp³-hybridized carbons (Fsp3) is 0.200. The molecule has 6 heteroatoms. The number of nitrogens with zero attached hydrogens (tertiary/aromatic N) is 1. The second-order valence-corrected chi connectivity index (χ2v) is 7.25. The summed E-state index contributed by atoms with van der Waals surface area (Å²) < 4.78 is 5.72. The minimum Gasteiger partial charge on any atom is -0.493 e. The SMILES string of the molecule is Cc1ccc(C)c(OCCC(=O)Nc2nc(-c3ccc(Cl)cc3)cs2)c1. The highest BCUT2D eigenvalue weighted by Gasteiger charge is 2.09. The van der Waals surface area contributed by atoms with E-state index in [1.807, 2.05) is 61.7 Å². The van der Waals surface area contributed by atoms with Crippen molar-refractivity contribution in [3.8, 4) is 17.0 Å². The highest BCUT2D eigenvalue weighted by molar-refractivity contribution is 7.14. The van der Waals surface area contributed by atoms with Gasteiger partial charge in [0.05, 0.1) is 18.7 Å². The molecular formula is C20H19ClN2O2S. The van der Waals surface area contributed by atoms with Gasteiger partial charge in [0.25, 0.3) is 0 Å². The Morgan fingerprint density at radius 2 is 1.96 bits per heavy atom. The zero-order chi connectivity index (χ0) is 18.5. The molecule has 3 rings (SSSR count). The highest BCUT2D eigenvalue weighted by atomic mass is 35.5. The fourth-order valence-electron chi connectivity index (χ4n) is 2.38. The van der Waals surface area contributed by atoms with Crippen molar-refractivity contribution in [2.24, 2.45) is 0 Å². The summed E-state index contributed by atoms with van der Waals surface area (Å²) >= 11 is 7.29. The Balaban J connectivity index is 1.52. The summed E-state index contributed by atoms with van der Waals surface area (Å²) in [6, 6.07) is 13.5. The summed E-state index contributed by atoms with van der Waals surface area (Å²) in [5.74, 6) is 0.699. The largest absolute Gasteiger partial charge is 0.493 e. The molecule has 0 bridgehead atoms. The van der Waals surface area contributed by atoms with E-state index >= 15 is 0 Å². The van der Waals surface area contributed by atoms with Crippen LogP contribution in [0, 0.1) is 13.8 Å². The number of ether oxygens (including phenoxy) is 1. The number of carbonyl (C=O) groups excluding carboxylic acids is 1. The van der Waals surface area contributed by atoms with Crippen LogP contribution in [0.5, 0.6) is 5.75 Å². The van der Waals surface area contributed by atoms with Crippen LogP contribution < -0.4 is 10.1 Å². The molecule has 2 aromatic carbocycles. The lowest BCUT2D eigenvalue weighted by Crippen LogP contribution is -2.15. The molecule has 0 aliphatic heterocycles. The molecule has 0 unspecified atom stereocenters. The summed E-state index contributed by atoms with van der Waals surface area (Å²) in [4.78, 5) is 16.5. The Bertz CT molecular complexity index is 906. The Hall–Kier alpha value is -2.37. The predicted molar refractivity (Wildman–Crippen MR) is 107 cm³/mol. The van der Waals surface area contributed by atoms with E-state index in [9.17, 15) is 4.79 Å². The number of benzene rings is 2. The molecule has 1 N–H and O–H groups in total. The standard InChI is InChI=1S/C20H19ClN2O2S/c1-13-3-4-14(2)18(11-13)25-10-9-19(24)23-20-22-17(12-26-20)15-5-7-16(21)8-6-15/h3-8,11-12H,9-10H2,1-2H3,(H,22,23,24). The van der Waals surface area contributed by atoms with Gasteiger partial charge in [-0.1, -0.05) is 35.9 Å². The van der Waals surface area contributed by atoms with E-state index in [0.29, 0.717) is 16.8 Å². The molecule has 0 aliphatic carbocycles. The molecule has 0 spiro atoms. The second-order valence-electron chi connectivity index (χ2n) is 5.96. The average molecular weight is 387 g/mol. The van der Waals surface area contributed by atoms with Crippen molar-refractivity contribution < 1.29 is 9.53 Å². The number of aryl methyl sites for hydroxylation is 2. The van der Waals surface area contributed by atoms with Gasteiger partial charge < -0.3 is 10.1 Å². The molecule has 3 aromatic rings. The Morgan fingerprint density at radius 1 is 1.19 bits per heavy atom. The molecule has 1 amide bonds. The molecule has 0 fully saturated rings. The summed E-state index contributed by atoms with van der Waals surface area (Å²) in [7, 11) is 0. The Kier molecular flexibility index (Phi) is 5.91. The van der Waals surface area contributed by atoms with Crippen LogP contribution in [0.25, 0.3) is 11.3 Å². The van der Waals surface area contributed by atoms with Crippen molar-refractivity contribution in [1.29, 1.82) is 0 Å². The minimum atomic E-state index is -0.118. The van der Waals surface area contributed by atoms with Crippen LogP contribution in [-0.4, -0.2) is 17.5 Å². The summed E-state index contributed by atoms with van der Waals surface area (Å²) in [6.07, 6.45) is 0.267. The van der Waals surface area contributed by atoms with Crippen LogP contribution in [-0.2, 0) is 4.79 Å². The van der Waals surface area contributed by atoms with Gasteiger partial charge in [-0.25, -0.2) is 4.98 Å². The molecule has 1 heterocycles. The quantitative estimate of drug-likeness (QED) is 0.609. The van der Waals surface area contributed by atoms with Crippen LogP contribution in [0.4, 0.5) is 5.13 Å². The number of nitrogens with one attached hydrogen (secondary N) is 1. The van der Waals surface area contributed by atoms with Gasteiger partial charge in [0, 0.05) is 16.0 Å². The van der Waals surface area contributed by atoms with Crippen LogP contribution in [0.2, 0.25) is 5.02 Å². The van der Waals surface area contributed by atoms with Gasteiger partial charge in [-0.05, 0) is 43.2 Å². The lowest BCUT2D eigenvalue weighted by Gasteiger charge is -2.09. The molecule has 0 atom stereocenters. The van der Waals surface area contributed by atoms with Crippen molar-refractivity contribution >= 4 is 34.0 Å². The second kappa shape index (κ2) is 8.34. The van der Waals surface area contributed by atoms with Gasteiger partial charge in [0.15, 0.2) is 5.13 Å². The number of halogens is 1. The van der Waals surface area contributed by atoms with Crippen molar-refractivity contribution in [1.82, 2.24) is 4.98 Å². The zero-order valence-corrected chi connectivity index (χ0v) is 16.2. The zero-order valence-electron chi connectivity index (χ0n) is 14.6. The van der Waals surface area contributed by atoms with E-state index in [1.54, 1.807) is 0 Å². The third kappa shape index (κ3) is 4.84. The van der Waals surface area contributed by atoms with E-state index in [-0.39, 0.29) is 12.3 Å². The van der Waals surface area contributed by atoms with Crippen molar-refractivity contribution in [3.63, 3.8) is 0 Å². The van der Waals surface area contributed by atoms with E-state index in [2.05, 4.69) is 10.3 Å². The maximum Gasteiger partial charge on any atom is 0.229 e. The number of rotatable bonds is 6. The fourth-order valence-corrected chi connectivity index (χ4v) is 3.24. The molecule has 134 valence electrons. The molecule has 0 saturated heterocycles. The third-order valence-electron chi connectivity index (χ3n) is 3.82. The van der Waals surface area contributed by atoms with Gasteiger partial charge in [-0.2, -0.15) is 0 Å². The summed E-state index contributed by atoms with van der Waals surface area (Å²) in [5, 5.41) is 5.98. The number of anilines is 1. The van der Waals surface area contributed by atoms with E-state index in [1.165, 1.54) is 11.3 Å². The molecule has 1 aromatic heterocycles. The van der Waals surface area contributed by atoms with Crippen LogP contribution in [0.15, 0.2) is 47.8 Å². The van der Waals surface area contributed by atoms with Gasteiger partial charge >= 0.3 is 0 Å². The van der Waals surface area contributed by atoms with Crippen molar-refractivity contribution in [2.45, 2.75) is 20.3 Å². The smallest absolute Gasteiger partial charge is 0.229 e. The highest BCUT2D eigenvalue weighted by Crippen LogP contribution is 2.26. The van der Waals surface area contributed by atoms with Gasteiger partial charge in [0.1, 0.15) is 5.75 Å². The number of hydrogen-bond donors (Lipinski definition) is 1. The molecule has 0 aliphatic rings. The first-order valence-corrected chi connectivity index (χ1v) is 9.48. The van der Waals surface area contributed by atoms with E-state index in [4.69, 9.17) is 16.3 Å². The first kappa shape index (κ1) is 18.4. The number of thiazole rings is 1. The average Bonchev–Trinajstić information content (AvgIpc) is 3.07. The normalized spacial score (nSPS) is 10.6. The Morgan fingerprint density at radius 3 is 2.73 bits per heavy atom. The first-order chi connectivity index (χ1) is 12.5. The lowest BCUT2D eigenvalue weighted by atomic mass is 10.1. The van der Waals surface area contributed by atoms with Gasteiger partial charge in [-0.15, -0.1) is 11.3 Å². The predicted octanol–water partition coefficient (Wildman–Crippen LogP) is 5.49. The molecule has 26 heavy (non-hydrogen) atoms. The van der Waals surface area contributed by atoms with Crippen LogP contribution in [0.3, 0.4) is 0 Å². The first-order valence-electron chi connectivity index (χ1n) is 8.22. The van der Waals surface area contributed by atoms with Crippen LogP contribution >= 0.6 is 22.9 Å². The molecular weight excluding hydrogens is 368 g/mol. The number of hydrogen-bond acceptors (Lipinski definition) is 4. The Labute approximate surface area is 161 Å². The van der Waals surface area contributed by atoms with E-state index < -0.39 is 0 Å². The maximum absolute atomic E-state index is 12.1. The summed E-state index contributed by atoms with van der Waals surface area (Å²) in [6.45, 7) is 4.33. The summed E-state index contributed by atoms with van der Waals surface area (Å²) in [5.41, 5.74) is 3.97. The third-order valence-corrected chi connectivity index (χ3v) is 4.83. The molecule has 0 saturated carbocycles. The van der Waals surface area contributed by atoms with Crippen LogP contribution in [0.1, 0.15) is 17.5 Å². The number of carbonyl (C=O) groups is 1. The molecule has 4 nitrogen and oxygen atoms in total. The molecule has 0 radical (unpaired) electrons. The van der Waals surface area contributed by atoms with Gasteiger partial charge in [0.2, 0.25) is 5.91 Å². The topological polar surface area (TPSA) is 51.2 Å². The number of aromatic nitrogens is 1. The maximum atomic E-state index is 12.1.